The molecule has 0 radical (unpaired) electrons. The quantitative estimate of drug-likeness (QED) is 0.640. The van der Waals surface area contributed by atoms with Crippen molar-refractivity contribution in [3.8, 4) is 0 Å². The van der Waals surface area contributed by atoms with Crippen LogP contribution in [0.15, 0.2) is 30.6 Å². The number of likely N-dealkylation sites (tertiary alicyclic amines) is 1. The number of alkyl halides is 3. The van der Waals surface area contributed by atoms with Gasteiger partial charge in [0.1, 0.15) is 17.7 Å². The van der Waals surface area contributed by atoms with Gasteiger partial charge in [0.05, 0.1) is 17.2 Å². The molecular formula is C24H22F5N3O2. The molecular weight excluding hydrogens is 457 g/mol. The molecule has 2 saturated carbocycles. The van der Waals surface area contributed by atoms with E-state index in [0.717, 1.165) is 12.0 Å². The molecule has 5 nitrogen and oxygen atoms in total. The molecule has 0 bridgehead atoms. The third kappa shape index (κ3) is 4.14. The van der Waals surface area contributed by atoms with Crippen molar-refractivity contribution in [2.75, 3.05) is 0 Å². The van der Waals surface area contributed by atoms with Gasteiger partial charge in [0.2, 0.25) is 5.91 Å². The lowest BCUT2D eigenvalue weighted by atomic mass is 9.98. The zero-order chi connectivity index (χ0) is 24.4. The number of aromatic nitrogens is 1. The van der Waals surface area contributed by atoms with Gasteiger partial charge in [-0.05, 0) is 68.2 Å². The Morgan fingerprint density at radius 2 is 1.82 bits per heavy atom. The molecule has 1 aromatic carbocycles. The summed E-state index contributed by atoms with van der Waals surface area (Å²) in [5, 5.41) is 2.72. The highest BCUT2D eigenvalue weighted by Crippen LogP contribution is 2.49. The van der Waals surface area contributed by atoms with Crippen molar-refractivity contribution in [2.24, 2.45) is 11.8 Å². The van der Waals surface area contributed by atoms with Crippen molar-refractivity contribution >= 4 is 11.8 Å². The van der Waals surface area contributed by atoms with Crippen LogP contribution in [0.1, 0.15) is 58.8 Å². The van der Waals surface area contributed by atoms with Crippen LogP contribution in [0.5, 0.6) is 0 Å². The van der Waals surface area contributed by atoms with Gasteiger partial charge in [0.25, 0.3) is 5.91 Å². The molecule has 1 N–H and O–H groups in total. The Balaban J connectivity index is 1.39. The topological polar surface area (TPSA) is 62.3 Å². The van der Waals surface area contributed by atoms with E-state index < -0.39 is 41.4 Å². The number of amides is 2. The maximum absolute atomic E-state index is 14.7. The molecule has 10 heteroatoms. The Morgan fingerprint density at radius 3 is 2.47 bits per heavy atom. The average Bonchev–Trinajstić information content (AvgIpc) is 3.70. The zero-order valence-corrected chi connectivity index (χ0v) is 18.2. The molecule has 4 atom stereocenters. The van der Waals surface area contributed by atoms with E-state index in [9.17, 15) is 31.5 Å². The number of nitrogens with one attached hydrogen (secondary N) is 1. The summed E-state index contributed by atoms with van der Waals surface area (Å²) in [4.78, 5) is 32.0. The third-order valence-corrected chi connectivity index (χ3v) is 6.88. The average molecular weight is 479 g/mol. The first-order valence-corrected chi connectivity index (χ1v) is 11.2. The van der Waals surface area contributed by atoms with Gasteiger partial charge in [0, 0.05) is 24.0 Å². The van der Waals surface area contributed by atoms with Gasteiger partial charge in [-0.25, -0.2) is 8.78 Å². The fraction of sp³-hybridized carbons (Fsp3) is 0.458. The highest BCUT2D eigenvalue weighted by Gasteiger charge is 2.56. The van der Waals surface area contributed by atoms with Crippen LogP contribution in [0.2, 0.25) is 0 Å². The zero-order valence-electron chi connectivity index (χ0n) is 18.2. The molecule has 5 rings (SSSR count). The second kappa shape index (κ2) is 8.02. The number of piperidine rings is 1. The van der Waals surface area contributed by atoms with E-state index in [2.05, 4.69) is 10.3 Å². The molecule has 2 aliphatic carbocycles. The first kappa shape index (κ1) is 22.7. The Labute approximate surface area is 192 Å². The summed E-state index contributed by atoms with van der Waals surface area (Å²) in [6.45, 7) is 1.80. The van der Waals surface area contributed by atoms with E-state index in [4.69, 9.17) is 0 Å². The summed E-state index contributed by atoms with van der Waals surface area (Å²) >= 11 is 0. The van der Waals surface area contributed by atoms with Crippen LogP contribution in [0, 0.1) is 30.4 Å². The van der Waals surface area contributed by atoms with Crippen molar-refractivity contribution < 1.29 is 31.5 Å². The lowest BCUT2D eigenvalue weighted by Gasteiger charge is -2.29. The van der Waals surface area contributed by atoms with Crippen LogP contribution >= 0.6 is 0 Å². The lowest BCUT2D eigenvalue weighted by Crippen LogP contribution is -2.49. The van der Waals surface area contributed by atoms with Gasteiger partial charge in [-0.2, -0.15) is 13.2 Å². The minimum Gasteiger partial charge on any atom is -0.347 e. The number of fused-ring (bicyclic) bond motifs is 1. The van der Waals surface area contributed by atoms with Gasteiger partial charge in [-0.1, -0.05) is 0 Å². The molecule has 2 amide bonds. The minimum absolute atomic E-state index is 0.0663. The molecule has 1 aromatic heterocycles. The number of halogens is 5. The van der Waals surface area contributed by atoms with E-state index in [0.29, 0.717) is 30.9 Å². The highest BCUT2D eigenvalue weighted by molar-refractivity contribution is 5.98. The molecule has 3 aliphatic rings. The maximum atomic E-state index is 14.7. The molecule has 1 saturated heterocycles. The molecule has 0 unspecified atom stereocenters. The van der Waals surface area contributed by atoms with Gasteiger partial charge in [0.15, 0.2) is 0 Å². The van der Waals surface area contributed by atoms with Crippen LogP contribution in [0.3, 0.4) is 0 Å². The molecule has 34 heavy (non-hydrogen) atoms. The summed E-state index contributed by atoms with van der Waals surface area (Å²) in [6, 6.07) is 0.516. The van der Waals surface area contributed by atoms with Crippen LogP contribution in [-0.4, -0.2) is 33.8 Å². The number of carbonyl (C=O) groups is 2. The summed E-state index contributed by atoms with van der Waals surface area (Å²) < 4.78 is 67.7. The van der Waals surface area contributed by atoms with Crippen LogP contribution in [0.25, 0.3) is 0 Å². The van der Waals surface area contributed by atoms with Crippen LogP contribution in [-0.2, 0) is 11.0 Å². The van der Waals surface area contributed by atoms with E-state index in [-0.39, 0.29) is 35.4 Å². The fourth-order valence-electron chi connectivity index (χ4n) is 4.95. The Hall–Kier alpha value is -3.04. The predicted octanol–water partition coefficient (Wildman–Crippen LogP) is 4.56. The van der Waals surface area contributed by atoms with Crippen molar-refractivity contribution in [3.63, 3.8) is 0 Å². The number of pyridine rings is 1. The molecule has 2 heterocycles. The number of rotatable bonds is 5. The standard InChI is InChI=1S/C24H22F5N3O2/c1-11-4-14(10-30-9-11)23(34)32-19-5-13(19)6-20(32)22(33)31-21(12-2-3-12)15-7-18(26)16(8-17(15)25)24(27,28)29/h4,7-10,12-13,19-21H,2-3,5-6H2,1H3,(H,31,33)/t13-,19-,20-,21-/m1/s1. The molecule has 2 aromatic rings. The second-order valence-electron chi connectivity index (χ2n) is 9.45. The molecule has 1 aliphatic heterocycles. The van der Waals surface area contributed by atoms with Crippen molar-refractivity contribution in [2.45, 2.75) is 56.9 Å². The number of hydrogen-bond donors (Lipinski definition) is 1. The summed E-state index contributed by atoms with van der Waals surface area (Å²) in [7, 11) is 0. The molecule has 180 valence electrons. The van der Waals surface area contributed by atoms with E-state index in [1.165, 1.54) is 11.1 Å². The number of aryl methyl sites for hydroxylation is 1. The Morgan fingerprint density at radius 1 is 1.09 bits per heavy atom. The maximum Gasteiger partial charge on any atom is 0.419 e. The number of nitrogens with zero attached hydrogens (tertiary/aromatic N) is 2. The number of carbonyl (C=O) groups excluding carboxylic acids is 2. The lowest BCUT2D eigenvalue weighted by molar-refractivity contribution is -0.140. The molecule has 3 fully saturated rings. The third-order valence-electron chi connectivity index (χ3n) is 6.88. The van der Waals surface area contributed by atoms with Crippen molar-refractivity contribution in [3.05, 3.63) is 64.5 Å². The van der Waals surface area contributed by atoms with Gasteiger partial charge in [-0.15, -0.1) is 0 Å². The largest absolute Gasteiger partial charge is 0.419 e. The van der Waals surface area contributed by atoms with Crippen LogP contribution < -0.4 is 5.32 Å². The Bertz CT molecular complexity index is 1160. The minimum atomic E-state index is -5.03. The van der Waals surface area contributed by atoms with Gasteiger partial charge in [-0.3, -0.25) is 14.6 Å². The summed E-state index contributed by atoms with van der Waals surface area (Å²) in [5.74, 6) is -3.67. The first-order chi connectivity index (χ1) is 16.0. The second-order valence-corrected chi connectivity index (χ2v) is 9.45. The van der Waals surface area contributed by atoms with E-state index in [1.54, 1.807) is 19.2 Å². The normalized spacial score (nSPS) is 24.5. The van der Waals surface area contributed by atoms with Gasteiger partial charge >= 0.3 is 6.18 Å². The van der Waals surface area contributed by atoms with Crippen LogP contribution in [0.4, 0.5) is 22.0 Å². The SMILES string of the molecule is Cc1cncc(C(=O)N2[C@@H](C(=O)N[C@@H](c3cc(F)c(C(F)(F)F)cc3F)C3CC3)C[C@H]3C[C@H]32)c1. The predicted molar refractivity (Wildman–Crippen MR) is 110 cm³/mol. The van der Waals surface area contributed by atoms with Crippen molar-refractivity contribution in [1.82, 2.24) is 15.2 Å². The Kier molecular flexibility index (Phi) is 5.37. The summed E-state index contributed by atoms with van der Waals surface area (Å²) in [6.07, 6.45) is 0.512. The summed E-state index contributed by atoms with van der Waals surface area (Å²) in [5.41, 5.74) is -0.841. The van der Waals surface area contributed by atoms with E-state index >= 15 is 0 Å². The number of benzene rings is 1. The first-order valence-electron chi connectivity index (χ1n) is 11.2. The smallest absolute Gasteiger partial charge is 0.347 e. The number of hydrogen-bond acceptors (Lipinski definition) is 3. The monoisotopic (exact) mass is 479 g/mol. The van der Waals surface area contributed by atoms with Crippen molar-refractivity contribution in [1.29, 1.82) is 0 Å². The molecule has 0 spiro atoms. The highest BCUT2D eigenvalue weighted by atomic mass is 19.4. The van der Waals surface area contributed by atoms with E-state index in [1.807, 2.05) is 0 Å². The fourth-order valence-corrected chi connectivity index (χ4v) is 4.95. The van der Waals surface area contributed by atoms with Gasteiger partial charge < -0.3 is 10.2 Å².